The molecule has 1 N–H and O–H groups in total. The molecule has 0 heterocycles. The number of hydrogen-bond acceptors (Lipinski definition) is 4. The Morgan fingerprint density at radius 2 is 1.81 bits per heavy atom. The largest absolute Gasteiger partial charge is 0.325 e. The Labute approximate surface area is 163 Å². The van der Waals surface area contributed by atoms with Crippen molar-refractivity contribution >= 4 is 45.0 Å². The summed E-state index contributed by atoms with van der Waals surface area (Å²) in [5.74, 6) is 0.789. The van der Waals surface area contributed by atoms with Crippen LogP contribution in [-0.2, 0) is 20.6 Å². The van der Waals surface area contributed by atoms with Gasteiger partial charge in [-0.15, -0.1) is 11.8 Å². The van der Waals surface area contributed by atoms with Crippen molar-refractivity contribution in [3.05, 3.63) is 58.6 Å². The van der Waals surface area contributed by atoms with E-state index in [4.69, 9.17) is 11.6 Å². The second-order valence-electron chi connectivity index (χ2n) is 5.93. The van der Waals surface area contributed by atoms with Crippen LogP contribution in [0, 0.1) is 6.92 Å². The Bertz CT molecular complexity index is 882. The molecule has 0 aliphatic carbocycles. The van der Waals surface area contributed by atoms with Crippen LogP contribution in [0.2, 0.25) is 5.02 Å². The average molecular weight is 413 g/mol. The lowest BCUT2D eigenvalue weighted by molar-refractivity contribution is -0.113. The number of carbonyl (C=O) groups is 1. The fraction of sp³-hybridized carbons (Fsp3) is 0.278. The lowest BCUT2D eigenvalue weighted by atomic mass is 10.2. The third-order valence-corrected chi connectivity index (χ3v) is 6.74. The van der Waals surface area contributed by atoms with E-state index in [0.717, 1.165) is 15.4 Å². The van der Waals surface area contributed by atoms with Gasteiger partial charge in [-0.3, -0.25) is 4.79 Å². The Morgan fingerprint density at radius 3 is 2.42 bits per heavy atom. The van der Waals surface area contributed by atoms with E-state index >= 15 is 0 Å². The highest BCUT2D eigenvalue weighted by atomic mass is 35.5. The molecular weight excluding hydrogens is 392 g/mol. The lowest BCUT2D eigenvalue weighted by Crippen LogP contribution is -2.22. The Hall–Kier alpha value is -1.54. The number of nitrogens with zero attached hydrogens (tertiary/aromatic N) is 1. The van der Waals surface area contributed by atoms with Gasteiger partial charge >= 0.3 is 0 Å². The summed E-state index contributed by atoms with van der Waals surface area (Å²) < 4.78 is 25.6. The van der Waals surface area contributed by atoms with Gasteiger partial charge in [-0.05, 0) is 42.3 Å². The quantitative estimate of drug-likeness (QED) is 0.751. The molecule has 0 unspecified atom stereocenters. The van der Waals surface area contributed by atoms with Gasteiger partial charge < -0.3 is 5.32 Å². The molecule has 0 aromatic heterocycles. The topological polar surface area (TPSA) is 66.5 Å². The summed E-state index contributed by atoms with van der Waals surface area (Å²) in [6, 6.07) is 12.2. The summed E-state index contributed by atoms with van der Waals surface area (Å²) in [6.45, 7) is 1.82. The predicted molar refractivity (Wildman–Crippen MR) is 108 cm³/mol. The highest BCUT2D eigenvalue weighted by molar-refractivity contribution is 7.99. The Balaban J connectivity index is 1.99. The van der Waals surface area contributed by atoms with E-state index in [0.29, 0.717) is 16.5 Å². The van der Waals surface area contributed by atoms with Crippen molar-refractivity contribution in [2.24, 2.45) is 0 Å². The van der Waals surface area contributed by atoms with Crippen molar-refractivity contribution < 1.29 is 13.2 Å². The van der Waals surface area contributed by atoms with Crippen LogP contribution >= 0.6 is 23.4 Å². The molecule has 2 aromatic rings. The second-order valence-corrected chi connectivity index (χ2v) is 9.51. The zero-order valence-corrected chi connectivity index (χ0v) is 17.2. The highest BCUT2D eigenvalue weighted by Crippen LogP contribution is 2.22. The van der Waals surface area contributed by atoms with E-state index in [2.05, 4.69) is 5.32 Å². The van der Waals surface area contributed by atoms with E-state index in [1.54, 1.807) is 6.07 Å². The summed E-state index contributed by atoms with van der Waals surface area (Å²) in [4.78, 5) is 12.3. The first kappa shape index (κ1) is 20.8. The number of sulfonamides is 1. The maximum absolute atomic E-state index is 12.2. The molecule has 1 amide bonds. The third-order valence-electron chi connectivity index (χ3n) is 3.68. The van der Waals surface area contributed by atoms with Crippen LogP contribution in [0.4, 0.5) is 5.69 Å². The normalized spacial score (nSPS) is 11.6. The summed E-state index contributed by atoms with van der Waals surface area (Å²) in [6.07, 6.45) is 0. The molecule has 2 rings (SSSR count). The number of hydrogen-bond donors (Lipinski definition) is 1. The molecule has 26 heavy (non-hydrogen) atoms. The number of rotatable bonds is 7. The maximum atomic E-state index is 12.2. The van der Waals surface area contributed by atoms with Crippen molar-refractivity contribution in [1.82, 2.24) is 4.31 Å². The molecule has 0 aliphatic heterocycles. The lowest BCUT2D eigenvalue weighted by Gasteiger charge is -2.14. The van der Waals surface area contributed by atoms with Crippen molar-refractivity contribution in [3.8, 4) is 0 Å². The van der Waals surface area contributed by atoms with Gasteiger partial charge in [-0.25, -0.2) is 12.7 Å². The van der Waals surface area contributed by atoms with Crippen molar-refractivity contribution in [1.29, 1.82) is 0 Å². The van der Waals surface area contributed by atoms with Crippen LogP contribution in [0.1, 0.15) is 11.1 Å². The molecule has 8 heteroatoms. The van der Waals surface area contributed by atoms with Gasteiger partial charge in [0.05, 0.1) is 10.6 Å². The number of anilines is 1. The maximum Gasteiger partial charge on any atom is 0.242 e. The molecule has 0 bridgehead atoms. The van der Waals surface area contributed by atoms with Crippen LogP contribution in [0.25, 0.3) is 0 Å². The van der Waals surface area contributed by atoms with Crippen LogP contribution in [-0.4, -0.2) is 38.5 Å². The van der Waals surface area contributed by atoms with Crippen molar-refractivity contribution in [2.75, 3.05) is 25.2 Å². The van der Waals surface area contributed by atoms with Gasteiger partial charge in [0.1, 0.15) is 0 Å². The summed E-state index contributed by atoms with van der Waals surface area (Å²) in [5.41, 5.74) is 2.39. The van der Waals surface area contributed by atoms with E-state index in [9.17, 15) is 13.2 Å². The zero-order valence-electron chi connectivity index (χ0n) is 14.8. The van der Waals surface area contributed by atoms with Gasteiger partial charge in [-0.1, -0.05) is 29.8 Å². The van der Waals surface area contributed by atoms with Crippen LogP contribution in [0.15, 0.2) is 47.4 Å². The molecule has 0 saturated carbocycles. The first-order chi connectivity index (χ1) is 12.2. The number of nitrogens with one attached hydrogen (secondary N) is 1. The van der Waals surface area contributed by atoms with Crippen LogP contribution in [0.5, 0.6) is 0 Å². The number of amides is 1. The molecule has 0 spiro atoms. The molecule has 5 nitrogen and oxygen atoms in total. The molecule has 0 atom stereocenters. The van der Waals surface area contributed by atoms with E-state index in [1.165, 1.54) is 38.0 Å². The smallest absolute Gasteiger partial charge is 0.242 e. The van der Waals surface area contributed by atoms with Crippen molar-refractivity contribution in [2.45, 2.75) is 17.6 Å². The third kappa shape index (κ3) is 5.48. The number of aryl methyl sites for hydroxylation is 1. The summed E-state index contributed by atoms with van der Waals surface area (Å²) in [7, 11) is -0.596. The van der Waals surface area contributed by atoms with E-state index < -0.39 is 10.0 Å². The van der Waals surface area contributed by atoms with Crippen LogP contribution < -0.4 is 5.32 Å². The standard InChI is InChI=1S/C18H21ClN2O3S2/c1-13-4-9-16(26(23,24)21(2)3)10-17(13)20-18(22)12-25-11-14-5-7-15(19)8-6-14/h4-10H,11-12H2,1-3H3,(H,20,22). The van der Waals surface area contributed by atoms with Crippen LogP contribution in [0.3, 0.4) is 0 Å². The number of halogens is 1. The predicted octanol–water partition coefficient (Wildman–Crippen LogP) is 3.77. The van der Waals surface area contributed by atoms with Gasteiger partial charge in [0.2, 0.25) is 15.9 Å². The molecule has 0 fully saturated rings. The monoisotopic (exact) mass is 412 g/mol. The highest BCUT2D eigenvalue weighted by Gasteiger charge is 2.18. The number of thioether (sulfide) groups is 1. The molecule has 0 aliphatic rings. The Morgan fingerprint density at radius 1 is 1.15 bits per heavy atom. The van der Waals surface area contributed by atoms with Gasteiger partial charge in [0.15, 0.2) is 0 Å². The SMILES string of the molecule is Cc1ccc(S(=O)(=O)N(C)C)cc1NC(=O)CSCc1ccc(Cl)cc1. The molecule has 2 aromatic carbocycles. The van der Waals surface area contributed by atoms with E-state index in [1.807, 2.05) is 31.2 Å². The molecule has 140 valence electrons. The molecule has 0 radical (unpaired) electrons. The fourth-order valence-corrected chi connectivity index (χ4v) is 3.98. The minimum absolute atomic E-state index is 0.150. The van der Waals surface area contributed by atoms with Gasteiger partial charge in [0.25, 0.3) is 0 Å². The summed E-state index contributed by atoms with van der Waals surface area (Å²) >= 11 is 7.33. The van der Waals surface area contributed by atoms with Gasteiger partial charge in [0, 0.05) is 30.6 Å². The average Bonchev–Trinajstić information content (AvgIpc) is 2.58. The van der Waals surface area contributed by atoms with Gasteiger partial charge in [-0.2, -0.15) is 0 Å². The van der Waals surface area contributed by atoms with Crippen molar-refractivity contribution in [3.63, 3.8) is 0 Å². The first-order valence-corrected chi connectivity index (χ1v) is 10.8. The summed E-state index contributed by atoms with van der Waals surface area (Å²) in [5, 5.41) is 3.47. The zero-order chi connectivity index (χ0) is 19.3. The Kier molecular flexibility index (Phi) is 7.11. The molecule has 0 saturated heterocycles. The minimum Gasteiger partial charge on any atom is -0.325 e. The fourth-order valence-electron chi connectivity index (χ4n) is 2.14. The number of benzene rings is 2. The van der Waals surface area contributed by atoms with E-state index in [-0.39, 0.29) is 16.6 Å². The molecular formula is C18H21ClN2O3S2. The minimum atomic E-state index is -3.54. The second kappa shape index (κ2) is 8.90. The first-order valence-electron chi connectivity index (χ1n) is 7.85. The number of carbonyl (C=O) groups excluding carboxylic acids is 1.